The molecule has 0 aromatic carbocycles. The van der Waals surface area contributed by atoms with Crippen molar-refractivity contribution in [3.05, 3.63) is 44.2 Å². The van der Waals surface area contributed by atoms with Gasteiger partial charge >= 0.3 is 0 Å². The normalized spacial score (nSPS) is 11.0. The molecule has 0 aliphatic heterocycles. The van der Waals surface area contributed by atoms with Gasteiger partial charge in [0.25, 0.3) is 5.56 Å². The van der Waals surface area contributed by atoms with Gasteiger partial charge in [0.1, 0.15) is 12.3 Å². The van der Waals surface area contributed by atoms with Crippen molar-refractivity contribution in [1.82, 2.24) is 20.3 Å². The molecule has 0 bridgehead atoms. The third kappa shape index (κ3) is 3.16. The second-order valence-corrected chi connectivity index (χ2v) is 6.22. The van der Waals surface area contributed by atoms with Gasteiger partial charge in [0, 0.05) is 11.4 Å². The fourth-order valence-corrected chi connectivity index (χ4v) is 3.13. The Bertz CT molecular complexity index is 895. The number of aryl methyl sites for hydroxylation is 2. The Morgan fingerprint density at radius 2 is 2.26 bits per heavy atom. The van der Waals surface area contributed by atoms with E-state index >= 15 is 0 Å². The fraction of sp³-hybridized carbons (Fsp3) is 0.333. The number of carbonyl (C=O) groups is 1. The minimum atomic E-state index is -0.421. The molecule has 3 aromatic heterocycles. The van der Waals surface area contributed by atoms with Crippen LogP contribution in [0.2, 0.25) is 0 Å². The van der Waals surface area contributed by atoms with Crippen LogP contribution in [0.5, 0.6) is 0 Å². The second kappa shape index (κ2) is 6.33. The predicted octanol–water partition coefficient (Wildman–Crippen LogP) is 1.42. The number of nitrogens with zero attached hydrogens (tertiary/aromatic N) is 3. The van der Waals surface area contributed by atoms with E-state index in [1.54, 1.807) is 25.2 Å². The van der Waals surface area contributed by atoms with Crippen LogP contribution in [0.15, 0.2) is 26.8 Å². The zero-order valence-corrected chi connectivity index (χ0v) is 13.6. The molecule has 3 aromatic rings. The van der Waals surface area contributed by atoms with Crippen LogP contribution < -0.4 is 10.9 Å². The molecule has 0 unspecified atom stereocenters. The third-order valence-corrected chi connectivity index (χ3v) is 4.44. The van der Waals surface area contributed by atoms with Crippen LogP contribution in [0.3, 0.4) is 0 Å². The number of thiophene rings is 1. The highest BCUT2D eigenvalue weighted by atomic mass is 32.1. The van der Waals surface area contributed by atoms with Gasteiger partial charge in [-0.05, 0) is 31.7 Å². The molecular formula is C15H16N4O3S. The molecule has 7 nitrogen and oxygen atoms in total. The van der Waals surface area contributed by atoms with Crippen molar-refractivity contribution in [2.75, 3.05) is 6.54 Å². The summed E-state index contributed by atoms with van der Waals surface area (Å²) in [6, 6.07) is 4.00. The van der Waals surface area contributed by atoms with Gasteiger partial charge in [-0.15, -0.1) is 11.3 Å². The van der Waals surface area contributed by atoms with Crippen LogP contribution in [0.25, 0.3) is 10.9 Å². The van der Waals surface area contributed by atoms with Gasteiger partial charge in [-0.2, -0.15) is 5.10 Å². The van der Waals surface area contributed by atoms with Crippen LogP contribution in [-0.4, -0.2) is 27.4 Å². The first-order valence-corrected chi connectivity index (χ1v) is 8.07. The molecule has 0 atom stereocenters. The number of aromatic nitrogens is 3. The molecule has 23 heavy (non-hydrogen) atoms. The second-order valence-electron chi connectivity index (χ2n) is 5.19. The number of hydrogen-bond donors (Lipinski definition) is 1. The van der Waals surface area contributed by atoms with E-state index in [0.29, 0.717) is 23.4 Å². The van der Waals surface area contributed by atoms with Gasteiger partial charge in [-0.25, -0.2) is 4.68 Å². The maximum Gasteiger partial charge on any atom is 0.297 e. The van der Waals surface area contributed by atoms with E-state index in [0.717, 1.165) is 11.1 Å². The minimum absolute atomic E-state index is 0.133. The molecule has 120 valence electrons. The van der Waals surface area contributed by atoms with Crippen LogP contribution >= 0.6 is 11.3 Å². The third-order valence-electron chi connectivity index (χ3n) is 3.50. The van der Waals surface area contributed by atoms with Crippen molar-refractivity contribution in [1.29, 1.82) is 0 Å². The average Bonchev–Trinajstić information content (AvgIpc) is 3.14. The summed E-state index contributed by atoms with van der Waals surface area (Å²) in [6.07, 6.45) is 0.770. The summed E-state index contributed by atoms with van der Waals surface area (Å²) in [4.78, 5) is 25.5. The van der Waals surface area contributed by atoms with E-state index in [9.17, 15) is 9.59 Å². The highest BCUT2D eigenvalue weighted by molar-refractivity contribution is 7.09. The Labute approximate surface area is 135 Å². The lowest BCUT2D eigenvalue weighted by molar-refractivity contribution is -0.121. The molecule has 3 heterocycles. The number of fused-ring (bicyclic) bond motifs is 1. The summed E-state index contributed by atoms with van der Waals surface area (Å²) in [6.45, 7) is 3.88. The maximum atomic E-state index is 12.3. The Balaban J connectivity index is 1.70. The first-order chi connectivity index (χ1) is 11.1. The molecule has 0 fully saturated rings. The minimum Gasteiger partial charge on any atom is -0.360 e. The molecule has 0 spiro atoms. The standard InChI is InChI=1S/C15H16N4O3S/c1-9-13-10(2)22-18-14(13)15(21)19(17-9)8-12(20)16-6-5-11-4-3-7-23-11/h3-4,7H,5-6,8H2,1-2H3,(H,16,20). The van der Waals surface area contributed by atoms with Crippen molar-refractivity contribution < 1.29 is 9.32 Å². The summed E-state index contributed by atoms with van der Waals surface area (Å²) < 4.78 is 6.17. The van der Waals surface area contributed by atoms with E-state index in [2.05, 4.69) is 15.6 Å². The quantitative estimate of drug-likeness (QED) is 0.763. The van der Waals surface area contributed by atoms with E-state index in [-0.39, 0.29) is 18.0 Å². The Hall–Kier alpha value is -2.48. The molecule has 1 N–H and O–H groups in total. The molecule has 3 rings (SSSR count). The van der Waals surface area contributed by atoms with Crippen molar-refractivity contribution in [3.8, 4) is 0 Å². The van der Waals surface area contributed by atoms with Crippen LogP contribution in [0.1, 0.15) is 16.3 Å². The van der Waals surface area contributed by atoms with Crippen LogP contribution in [0.4, 0.5) is 0 Å². The molecule has 0 saturated carbocycles. The van der Waals surface area contributed by atoms with E-state index in [1.807, 2.05) is 17.5 Å². The first kappa shape index (κ1) is 15.4. The first-order valence-electron chi connectivity index (χ1n) is 7.19. The van der Waals surface area contributed by atoms with Gasteiger partial charge in [0.05, 0.1) is 11.1 Å². The molecule has 0 aliphatic carbocycles. The number of nitrogens with one attached hydrogen (secondary N) is 1. The van der Waals surface area contributed by atoms with Crippen molar-refractivity contribution in [2.45, 2.75) is 26.8 Å². The van der Waals surface area contributed by atoms with Gasteiger partial charge in [-0.3, -0.25) is 9.59 Å². The lowest BCUT2D eigenvalue weighted by atomic mass is 10.2. The molecule has 0 radical (unpaired) electrons. The molecule has 0 saturated heterocycles. The SMILES string of the molecule is Cc1nn(CC(=O)NCCc2cccs2)c(=O)c2noc(C)c12. The molecular weight excluding hydrogens is 316 g/mol. The Kier molecular flexibility index (Phi) is 4.24. The van der Waals surface area contributed by atoms with Crippen molar-refractivity contribution in [3.63, 3.8) is 0 Å². The molecule has 0 aliphatic rings. The zero-order chi connectivity index (χ0) is 16.4. The maximum absolute atomic E-state index is 12.3. The summed E-state index contributed by atoms with van der Waals surface area (Å²) in [5.74, 6) is 0.296. The predicted molar refractivity (Wildman–Crippen MR) is 86.6 cm³/mol. The number of hydrogen-bond acceptors (Lipinski definition) is 6. The Morgan fingerprint density at radius 3 is 3.00 bits per heavy atom. The monoisotopic (exact) mass is 332 g/mol. The average molecular weight is 332 g/mol. The van der Waals surface area contributed by atoms with Crippen molar-refractivity contribution in [2.24, 2.45) is 0 Å². The topological polar surface area (TPSA) is 90.0 Å². The van der Waals surface area contributed by atoms with Crippen LogP contribution in [-0.2, 0) is 17.8 Å². The van der Waals surface area contributed by atoms with Gasteiger partial charge in [-0.1, -0.05) is 11.2 Å². The van der Waals surface area contributed by atoms with Gasteiger partial charge in [0.2, 0.25) is 5.91 Å². The molecule has 8 heteroatoms. The lowest BCUT2D eigenvalue weighted by Crippen LogP contribution is -2.35. The van der Waals surface area contributed by atoms with E-state index < -0.39 is 5.56 Å². The Morgan fingerprint density at radius 1 is 1.43 bits per heavy atom. The number of carbonyl (C=O) groups excluding carboxylic acids is 1. The van der Waals surface area contributed by atoms with Crippen molar-refractivity contribution >= 4 is 28.1 Å². The number of amides is 1. The van der Waals surface area contributed by atoms with E-state index in [1.165, 1.54) is 4.88 Å². The highest BCUT2D eigenvalue weighted by Crippen LogP contribution is 2.16. The smallest absolute Gasteiger partial charge is 0.297 e. The van der Waals surface area contributed by atoms with E-state index in [4.69, 9.17) is 4.52 Å². The molecule has 1 amide bonds. The van der Waals surface area contributed by atoms with Gasteiger partial charge < -0.3 is 9.84 Å². The summed E-state index contributed by atoms with van der Waals surface area (Å²) in [7, 11) is 0. The van der Waals surface area contributed by atoms with Crippen LogP contribution in [0, 0.1) is 13.8 Å². The fourth-order valence-electron chi connectivity index (χ4n) is 2.42. The van der Waals surface area contributed by atoms with Gasteiger partial charge in [0.15, 0.2) is 5.52 Å². The summed E-state index contributed by atoms with van der Waals surface area (Å²) in [5, 5.41) is 13.3. The highest BCUT2D eigenvalue weighted by Gasteiger charge is 2.16. The largest absolute Gasteiger partial charge is 0.360 e. The summed E-state index contributed by atoms with van der Waals surface area (Å²) in [5.41, 5.74) is 0.405. The summed E-state index contributed by atoms with van der Waals surface area (Å²) >= 11 is 1.65. The number of rotatable bonds is 5. The lowest BCUT2D eigenvalue weighted by Gasteiger charge is -2.07. The zero-order valence-electron chi connectivity index (χ0n) is 12.8.